The Hall–Kier alpha value is -3.41. The molecule has 2 fully saturated rings. The van der Waals surface area contributed by atoms with Crippen LogP contribution in [-0.2, 0) is 0 Å². The second-order valence-corrected chi connectivity index (χ2v) is 10.7. The van der Waals surface area contributed by atoms with E-state index in [1.54, 1.807) is 19.2 Å². The van der Waals surface area contributed by atoms with Gasteiger partial charge in [-0.15, -0.1) is 0 Å². The number of imidazole rings is 1. The SMILES string of the molecule is CCC1CN=C2/C(=C/c3ccc(-n4cnc(C)c4)c(OC)c3)CC3(CC3)CN2C1c1ccc(F)cc1. The lowest BCUT2D eigenvalue weighted by atomic mass is 9.81. The molecule has 1 saturated heterocycles. The topological polar surface area (TPSA) is 42.6 Å². The summed E-state index contributed by atoms with van der Waals surface area (Å²) in [6.45, 7) is 6.06. The number of aromatic nitrogens is 2. The average Bonchev–Trinajstić information content (AvgIpc) is 3.49. The first-order valence-corrected chi connectivity index (χ1v) is 12.9. The van der Waals surface area contributed by atoms with Crippen LogP contribution in [0.15, 0.2) is 65.6 Å². The minimum absolute atomic E-state index is 0.183. The molecule has 36 heavy (non-hydrogen) atoms. The maximum atomic E-state index is 13.7. The summed E-state index contributed by atoms with van der Waals surface area (Å²) >= 11 is 0. The molecular weight excluding hydrogens is 451 g/mol. The van der Waals surface area contributed by atoms with Gasteiger partial charge in [-0.3, -0.25) is 4.99 Å². The molecule has 2 aromatic carbocycles. The van der Waals surface area contributed by atoms with Gasteiger partial charge >= 0.3 is 0 Å². The minimum Gasteiger partial charge on any atom is -0.495 e. The van der Waals surface area contributed by atoms with E-state index in [2.05, 4.69) is 41.1 Å². The number of piperidine rings is 1. The quantitative estimate of drug-likeness (QED) is 0.422. The van der Waals surface area contributed by atoms with Gasteiger partial charge in [-0.2, -0.15) is 0 Å². The number of aliphatic imine (C=N–C) groups is 1. The lowest BCUT2D eigenvalue weighted by Crippen LogP contribution is -2.49. The van der Waals surface area contributed by atoms with Crippen LogP contribution >= 0.6 is 0 Å². The van der Waals surface area contributed by atoms with E-state index in [0.717, 1.165) is 54.5 Å². The van der Waals surface area contributed by atoms with Gasteiger partial charge in [0.05, 0.1) is 30.9 Å². The largest absolute Gasteiger partial charge is 0.495 e. The Morgan fingerprint density at radius 3 is 2.64 bits per heavy atom. The second kappa shape index (κ2) is 8.91. The molecule has 3 heterocycles. The molecule has 0 radical (unpaired) electrons. The van der Waals surface area contributed by atoms with Crippen LogP contribution in [0.1, 0.15) is 55.5 Å². The predicted molar refractivity (Wildman–Crippen MR) is 141 cm³/mol. The zero-order valence-electron chi connectivity index (χ0n) is 21.2. The van der Waals surface area contributed by atoms with Gasteiger partial charge in [0.15, 0.2) is 0 Å². The van der Waals surface area contributed by atoms with Crippen LogP contribution in [0.5, 0.6) is 5.75 Å². The number of nitrogens with zero attached hydrogens (tertiary/aromatic N) is 4. The monoisotopic (exact) mass is 484 g/mol. The highest BCUT2D eigenvalue weighted by Crippen LogP contribution is 2.56. The fourth-order valence-corrected chi connectivity index (χ4v) is 5.98. The number of methoxy groups -OCH3 is 1. The molecule has 1 aliphatic carbocycles. The van der Waals surface area contributed by atoms with Crippen molar-refractivity contribution in [3.8, 4) is 11.4 Å². The predicted octanol–water partition coefficient (Wildman–Crippen LogP) is 6.38. The Bertz CT molecular complexity index is 1340. The number of ether oxygens (including phenoxy) is 1. The molecule has 3 aliphatic rings. The molecular formula is C30H33FN4O. The highest BCUT2D eigenvalue weighted by atomic mass is 19.1. The van der Waals surface area contributed by atoms with E-state index in [0.29, 0.717) is 11.3 Å². The summed E-state index contributed by atoms with van der Waals surface area (Å²) in [5.74, 6) is 2.17. The molecule has 2 atom stereocenters. The van der Waals surface area contributed by atoms with Crippen molar-refractivity contribution in [1.82, 2.24) is 14.5 Å². The van der Waals surface area contributed by atoms with Gasteiger partial charge < -0.3 is 14.2 Å². The van der Waals surface area contributed by atoms with E-state index in [-0.39, 0.29) is 11.9 Å². The smallest absolute Gasteiger partial charge is 0.143 e. The second-order valence-electron chi connectivity index (χ2n) is 10.7. The average molecular weight is 485 g/mol. The normalized spacial score (nSPS) is 23.5. The molecule has 186 valence electrons. The van der Waals surface area contributed by atoms with Gasteiger partial charge in [-0.1, -0.05) is 25.1 Å². The number of hydrogen-bond acceptors (Lipinski definition) is 4. The molecule has 0 amide bonds. The third kappa shape index (κ3) is 4.12. The molecule has 2 aliphatic heterocycles. The van der Waals surface area contributed by atoms with Crippen molar-refractivity contribution < 1.29 is 9.13 Å². The molecule has 5 nitrogen and oxygen atoms in total. The maximum Gasteiger partial charge on any atom is 0.143 e. The number of rotatable bonds is 5. The molecule has 3 aromatic rings. The van der Waals surface area contributed by atoms with Crippen molar-refractivity contribution in [1.29, 1.82) is 0 Å². The lowest BCUT2D eigenvalue weighted by Gasteiger charge is -2.48. The van der Waals surface area contributed by atoms with Crippen LogP contribution < -0.4 is 4.74 Å². The summed E-state index contributed by atoms with van der Waals surface area (Å²) < 4.78 is 21.5. The Balaban J connectivity index is 1.38. The van der Waals surface area contributed by atoms with E-state index in [1.807, 2.05) is 36.1 Å². The summed E-state index contributed by atoms with van der Waals surface area (Å²) in [4.78, 5) is 12.0. The van der Waals surface area contributed by atoms with Crippen molar-refractivity contribution in [3.05, 3.63) is 83.2 Å². The summed E-state index contributed by atoms with van der Waals surface area (Å²) in [5.41, 5.74) is 5.87. The van der Waals surface area contributed by atoms with Crippen LogP contribution in [0.25, 0.3) is 11.8 Å². The first kappa shape index (κ1) is 23.0. The summed E-state index contributed by atoms with van der Waals surface area (Å²) in [5, 5.41) is 0. The summed E-state index contributed by atoms with van der Waals surface area (Å²) in [7, 11) is 1.71. The Morgan fingerprint density at radius 1 is 1.17 bits per heavy atom. The van der Waals surface area contributed by atoms with Crippen molar-refractivity contribution in [2.24, 2.45) is 16.3 Å². The molecule has 1 spiro atoms. The summed E-state index contributed by atoms with van der Waals surface area (Å²) in [6, 6.07) is 13.7. The zero-order chi connectivity index (χ0) is 24.9. The molecule has 1 saturated carbocycles. The van der Waals surface area contributed by atoms with Gasteiger partial charge in [0.2, 0.25) is 0 Å². The van der Waals surface area contributed by atoms with Crippen LogP contribution in [-0.4, -0.2) is 40.5 Å². The highest BCUT2D eigenvalue weighted by Gasteiger charge is 2.51. The van der Waals surface area contributed by atoms with Crippen molar-refractivity contribution >= 4 is 11.9 Å². The molecule has 6 rings (SSSR count). The van der Waals surface area contributed by atoms with E-state index >= 15 is 0 Å². The number of fused-ring (bicyclic) bond motifs is 1. The first-order chi connectivity index (χ1) is 17.5. The maximum absolute atomic E-state index is 13.7. The van der Waals surface area contributed by atoms with Crippen molar-refractivity contribution in [2.45, 2.75) is 45.6 Å². The highest BCUT2D eigenvalue weighted by molar-refractivity contribution is 6.03. The van der Waals surface area contributed by atoms with E-state index < -0.39 is 0 Å². The van der Waals surface area contributed by atoms with E-state index in [1.165, 1.54) is 24.0 Å². The molecule has 1 aromatic heterocycles. The summed E-state index contributed by atoms with van der Waals surface area (Å²) in [6.07, 6.45) is 10.7. The number of amidine groups is 1. The van der Waals surface area contributed by atoms with Gasteiger partial charge in [0, 0.05) is 25.2 Å². The first-order valence-electron chi connectivity index (χ1n) is 12.9. The molecule has 6 heteroatoms. The zero-order valence-corrected chi connectivity index (χ0v) is 21.2. The van der Waals surface area contributed by atoms with Crippen LogP contribution in [0.3, 0.4) is 0 Å². The fourth-order valence-electron chi connectivity index (χ4n) is 5.98. The van der Waals surface area contributed by atoms with Crippen LogP contribution in [0.2, 0.25) is 0 Å². The van der Waals surface area contributed by atoms with Gasteiger partial charge in [0.25, 0.3) is 0 Å². The van der Waals surface area contributed by atoms with Gasteiger partial charge in [0.1, 0.15) is 17.4 Å². The number of halogens is 1. The van der Waals surface area contributed by atoms with Crippen LogP contribution in [0, 0.1) is 24.1 Å². The third-order valence-electron chi connectivity index (χ3n) is 8.12. The van der Waals surface area contributed by atoms with Crippen molar-refractivity contribution in [2.75, 3.05) is 20.2 Å². The molecule has 0 N–H and O–H groups in total. The number of aryl methyl sites for hydroxylation is 1. The van der Waals surface area contributed by atoms with Crippen LogP contribution in [0.4, 0.5) is 4.39 Å². The Kier molecular flexibility index (Phi) is 5.70. The van der Waals surface area contributed by atoms with Gasteiger partial charge in [-0.25, -0.2) is 9.37 Å². The number of benzene rings is 2. The standard InChI is InChI=1S/C30H33FN4O/c1-4-22-16-32-29-24(13-21-5-10-26(27(14-21)36-3)34-17-20(2)33-19-34)15-30(11-12-30)18-35(29)28(22)23-6-8-25(31)9-7-23/h5-10,13-14,17,19,22,28H,4,11-12,15-16,18H2,1-3H3/b24-13+. The fraction of sp³-hybridized carbons (Fsp3) is 0.400. The molecule has 2 unspecified atom stereocenters. The van der Waals surface area contributed by atoms with E-state index in [4.69, 9.17) is 9.73 Å². The Morgan fingerprint density at radius 2 is 1.97 bits per heavy atom. The lowest BCUT2D eigenvalue weighted by molar-refractivity contribution is 0.165. The number of hydrogen-bond donors (Lipinski definition) is 0. The molecule has 0 bridgehead atoms. The van der Waals surface area contributed by atoms with E-state index in [9.17, 15) is 4.39 Å². The Labute approximate surface area is 212 Å². The minimum atomic E-state index is -0.183. The third-order valence-corrected chi connectivity index (χ3v) is 8.12. The van der Waals surface area contributed by atoms with Crippen molar-refractivity contribution in [3.63, 3.8) is 0 Å². The van der Waals surface area contributed by atoms with Gasteiger partial charge in [-0.05, 0) is 85.1 Å².